The molecule has 3 aromatic heterocycles. The monoisotopic (exact) mass is 1190 g/mol. The number of phosphoric ester groups is 1. The lowest BCUT2D eigenvalue weighted by atomic mass is 10.0. The number of urea groups is 1. The predicted molar refractivity (Wildman–Crippen MR) is 298 cm³/mol. The zero-order valence-corrected chi connectivity index (χ0v) is 47.8. The summed E-state index contributed by atoms with van der Waals surface area (Å²) in [5.74, 6) is 1.74. The minimum atomic E-state index is -5.01. The summed E-state index contributed by atoms with van der Waals surface area (Å²) >= 11 is 1.88. The Bertz CT molecular complexity index is 2820. The van der Waals surface area contributed by atoms with Crippen LogP contribution in [-0.2, 0) is 53.3 Å². The van der Waals surface area contributed by atoms with Gasteiger partial charge in [0, 0.05) is 70.4 Å². The maximum absolute atomic E-state index is 13.6. The van der Waals surface area contributed by atoms with Crippen LogP contribution in [0.4, 0.5) is 16.4 Å². The molecule has 4 aliphatic rings. The minimum Gasteiger partial charge on any atom is -0.497 e. The van der Waals surface area contributed by atoms with E-state index in [-0.39, 0.29) is 36.9 Å². The normalized spacial score (nSPS) is 25.1. The summed E-state index contributed by atoms with van der Waals surface area (Å²) in [6.45, 7) is 2.22. The van der Waals surface area contributed by atoms with E-state index in [4.69, 9.17) is 43.2 Å². The Morgan fingerprint density at radius 2 is 1.70 bits per heavy atom. The van der Waals surface area contributed by atoms with Crippen molar-refractivity contribution in [3.63, 3.8) is 0 Å². The molecule has 0 bridgehead atoms. The number of thioether (sulfide) groups is 1. The van der Waals surface area contributed by atoms with E-state index < -0.39 is 81.6 Å². The van der Waals surface area contributed by atoms with Crippen molar-refractivity contribution in [2.24, 2.45) is 5.73 Å². The fourth-order valence-electron chi connectivity index (χ4n) is 9.97. The number of nitrogens with two attached hydrogens (primary N) is 1. The second-order valence-electron chi connectivity index (χ2n) is 20.3. The molecule has 0 saturated carbocycles. The van der Waals surface area contributed by atoms with Crippen LogP contribution >= 0.6 is 19.6 Å². The van der Waals surface area contributed by atoms with Gasteiger partial charge in [-0.15, -0.1) is 0 Å². The molecule has 4 aromatic rings. The quantitative estimate of drug-likeness (QED) is 0.0173. The van der Waals surface area contributed by atoms with Crippen LogP contribution in [0.5, 0.6) is 5.75 Å². The highest BCUT2D eigenvalue weighted by Crippen LogP contribution is 2.49. The first-order chi connectivity index (χ1) is 39.6. The van der Waals surface area contributed by atoms with Gasteiger partial charge in [0.05, 0.1) is 77.2 Å². The number of imidazole rings is 1. The van der Waals surface area contributed by atoms with Crippen LogP contribution in [0.1, 0.15) is 63.0 Å². The van der Waals surface area contributed by atoms with E-state index in [9.17, 15) is 38.8 Å². The Hall–Kier alpha value is -5.60. The van der Waals surface area contributed by atoms with E-state index in [0.29, 0.717) is 106 Å². The van der Waals surface area contributed by atoms with E-state index in [1.165, 1.54) is 35.1 Å². The molecule has 5 unspecified atom stereocenters. The molecule has 1 aromatic carbocycles. The van der Waals surface area contributed by atoms with Crippen molar-refractivity contribution in [3.05, 3.63) is 65.2 Å². The molecule has 8 rings (SSSR count). The van der Waals surface area contributed by atoms with Crippen molar-refractivity contribution in [1.29, 1.82) is 0 Å². The molecule has 4 fully saturated rings. The third-order valence-electron chi connectivity index (χ3n) is 14.2. The van der Waals surface area contributed by atoms with Crippen LogP contribution in [0.3, 0.4) is 0 Å². The highest BCUT2D eigenvalue weighted by molar-refractivity contribution is 8.00. The molecule has 4 amide bonds. The highest BCUT2D eigenvalue weighted by Gasteiger charge is 2.49. The van der Waals surface area contributed by atoms with Gasteiger partial charge in [-0.2, -0.15) is 16.7 Å². The lowest BCUT2D eigenvalue weighted by molar-refractivity contribution is -0.124. The Kier molecular flexibility index (Phi) is 23.1. The number of nitrogens with zero attached hydrogens (tertiary/aromatic N) is 7. The first-order valence-electron chi connectivity index (χ1n) is 27.4. The molecule has 31 heteroatoms. The molecular formula is C51H76N13O16PS. The summed E-state index contributed by atoms with van der Waals surface area (Å²) in [4.78, 5) is 80.5. The van der Waals surface area contributed by atoms with E-state index in [2.05, 4.69) is 46.5 Å². The van der Waals surface area contributed by atoms with Crippen molar-refractivity contribution < 1.29 is 71.5 Å². The molecule has 82 heavy (non-hydrogen) atoms. The van der Waals surface area contributed by atoms with Crippen molar-refractivity contribution >= 4 is 60.2 Å². The number of aromatic nitrogens is 6. The van der Waals surface area contributed by atoms with E-state index in [1.54, 1.807) is 49.3 Å². The van der Waals surface area contributed by atoms with Gasteiger partial charge in [0.15, 0.2) is 23.2 Å². The number of aliphatic hydroxyl groups is 2. The van der Waals surface area contributed by atoms with Gasteiger partial charge in [-0.25, -0.2) is 29.1 Å². The molecule has 4 aliphatic heterocycles. The lowest BCUT2D eigenvalue weighted by Gasteiger charge is -2.25. The molecule has 29 nitrogen and oxygen atoms in total. The smallest absolute Gasteiger partial charge is 0.472 e. The number of amides is 4. The van der Waals surface area contributed by atoms with Crippen molar-refractivity contribution in [1.82, 2.24) is 50.3 Å². The largest absolute Gasteiger partial charge is 0.497 e. The van der Waals surface area contributed by atoms with Gasteiger partial charge in [0.1, 0.15) is 48.5 Å². The number of nitrogens with one attached hydrogen (secondary N) is 5. The molecule has 0 radical (unpaired) electrons. The maximum Gasteiger partial charge on any atom is 0.472 e. The summed E-state index contributed by atoms with van der Waals surface area (Å²) in [6, 6.07) is 6.58. The van der Waals surface area contributed by atoms with E-state index >= 15 is 0 Å². The van der Waals surface area contributed by atoms with Crippen LogP contribution in [0.2, 0.25) is 0 Å². The molecule has 10 N–H and O–H groups in total. The number of ether oxygens (including phenoxy) is 6. The van der Waals surface area contributed by atoms with Crippen molar-refractivity contribution in [2.75, 3.05) is 103 Å². The number of carbonyl (C=O) groups is 3. The summed E-state index contributed by atoms with van der Waals surface area (Å²) < 4.78 is 61.4. The van der Waals surface area contributed by atoms with Crippen LogP contribution in [0.15, 0.2) is 54.0 Å². The zero-order valence-electron chi connectivity index (χ0n) is 46.1. The van der Waals surface area contributed by atoms with Crippen molar-refractivity contribution in [2.45, 2.75) is 118 Å². The third kappa shape index (κ3) is 17.0. The van der Waals surface area contributed by atoms with E-state index in [0.717, 1.165) is 30.6 Å². The van der Waals surface area contributed by atoms with Gasteiger partial charge in [0.2, 0.25) is 11.8 Å². The maximum atomic E-state index is 13.6. The van der Waals surface area contributed by atoms with Gasteiger partial charge in [0.25, 0.3) is 0 Å². The molecule has 0 aliphatic carbocycles. The van der Waals surface area contributed by atoms with E-state index in [1.807, 2.05) is 11.8 Å². The number of benzene rings is 1. The lowest BCUT2D eigenvalue weighted by Crippen LogP contribution is -2.53. The van der Waals surface area contributed by atoms with Gasteiger partial charge in [-0.3, -0.25) is 27.8 Å². The molecule has 0 spiro atoms. The first-order valence-corrected chi connectivity index (χ1v) is 30.0. The summed E-state index contributed by atoms with van der Waals surface area (Å²) in [7, 11) is 0.0803. The molecular weight excluding hydrogens is 1110 g/mol. The number of phosphoric acid groups is 1. The number of methoxy groups -OCH3 is 1. The molecule has 4 saturated heterocycles. The Balaban J connectivity index is 0.712. The number of anilines is 2. The van der Waals surface area contributed by atoms with Crippen LogP contribution in [-0.4, -0.2) is 209 Å². The van der Waals surface area contributed by atoms with Crippen LogP contribution in [0.25, 0.3) is 11.2 Å². The predicted octanol–water partition coefficient (Wildman–Crippen LogP) is 0.337. The number of rotatable bonds is 34. The Morgan fingerprint density at radius 3 is 2.41 bits per heavy atom. The third-order valence-corrected chi connectivity index (χ3v) is 16.7. The summed E-state index contributed by atoms with van der Waals surface area (Å²) in [5.41, 5.74) is 7.10. The molecule has 12 atom stereocenters. The minimum absolute atomic E-state index is 0.0361. The highest BCUT2D eigenvalue weighted by atomic mass is 32.2. The zero-order chi connectivity index (χ0) is 58.2. The topological polar surface area (TPSA) is 371 Å². The number of fused-ring (bicyclic) bond motifs is 2. The Labute approximate surface area is 478 Å². The average molecular weight is 1190 g/mol. The second-order valence-corrected chi connectivity index (χ2v) is 23.0. The van der Waals surface area contributed by atoms with Gasteiger partial charge in [-0.05, 0) is 55.9 Å². The van der Waals surface area contributed by atoms with Crippen molar-refractivity contribution in [3.8, 4) is 5.75 Å². The molecule has 7 heterocycles. The van der Waals surface area contributed by atoms with Gasteiger partial charge in [-0.1, -0.05) is 18.6 Å². The molecule has 452 valence electrons. The van der Waals surface area contributed by atoms with Gasteiger partial charge < -0.3 is 80.7 Å². The van der Waals surface area contributed by atoms with Crippen LogP contribution < -0.4 is 47.6 Å². The number of hydrogen-bond acceptors (Lipinski definition) is 23. The first kappa shape index (κ1) is 62.4. The standard InChI is InChI=1S/C51H76N13O16PS/c1-62(2)46-44-47(56-29-55-46)64(30-57-44)49-45(67)43(60-48(68)33(52)24-31-10-12-32(73-3)13-11-31)37(79-49)27-77-81(71,72)80-35-25-41(78-36(35)26-65)63-17-14-39(59-51(63)70)53-15-6-18-74-20-22-76-23-21-75-19-7-16-54-40(66)9-5-4-8-38-42-34(28-82-38)58-50(69)61-42/h10-14,17,29-30,33-38,41-43,45,49,65,67H,4-9,15-16,18-28,52H2,1-3H3,(H,54,66)(H,60,68)(H,71,72)(H,53,59,70)(H2,58,61,69)/t33?,34?,35-,36+,37+,38?,41+,42?,43+,45+,49+/m0/s1. The number of hydrogen-bond donors (Lipinski definition) is 9. The fourth-order valence-corrected chi connectivity index (χ4v) is 12.5. The van der Waals surface area contributed by atoms with Gasteiger partial charge >= 0.3 is 19.5 Å². The van der Waals surface area contributed by atoms with Crippen LogP contribution in [0, 0.1) is 0 Å². The number of aliphatic hydroxyl groups excluding tert-OH is 2. The SMILES string of the molecule is COc1ccc(CC(N)C(=O)N[C@H]2[C@@H](O)[C@H](n3cnc4c(N(C)C)ncnc43)O[C@@H]2COP(=O)(O)O[C@H]2C[C@H](n3ccc(NCCCOCCOCCOCCCNC(=O)CCCCC4SCC5NC(=O)NC54)nc3=O)O[C@@H]2CO)cc1. The summed E-state index contributed by atoms with van der Waals surface area (Å²) in [5, 5.41) is 37.1. The number of carbonyl (C=O) groups excluding carboxylic acids is 3. The fraction of sp³-hybridized carbons (Fsp3) is 0.647. The summed E-state index contributed by atoms with van der Waals surface area (Å²) in [6.07, 6.45) is 1.31. The second kappa shape index (κ2) is 30.3. The Morgan fingerprint density at radius 1 is 0.951 bits per heavy atom. The number of unbranched alkanes of at least 4 members (excludes halogenated alkanes) is 1. The average Bonchev–Trinajstić information content (AvgIpc) is 4.46.